The Labute approximate surface area is 179 Å². The zero-order chi connectivity index (χ0) is 21.0. The van der Waals surface area contributed by atoms with Gasteiger partial charge >= 0.3 is 0 Å². The van der Waals surface area contributed by atoms with Crippen LogP contribution < -0.4 is 0 Å². The number of hydrogen-bond donors (Lipinski definition) is 0. The first-order valence-corrected chi connectivity index (χ1v) is 10.8. The third-order valence-corrected chi connectivity index (χ3v) is 6.11. The SMILES string of the molecule is CC1(C)C[C@H](CCC(C(=O)c2ccccc2)c2ccccc2)N=C1c1ccccc1. The van der Waals surface area contributed by atoms with E-state index in [1.807, 2.05) is 54.6 Å². The number of nitrogens with zero attached hydrogens (tertiary/aromatic N) is 1. The molecule has 3 aromatic rings. The van der Waals surface area contributed by atoms with E-state index in [0.29, 0.717) is 0 Å². The van der Waals surface area contributed by atoms with Gasteiger partial charge in [0.05, 0.1) is 6.04 Å². The summed E-state index contributed by atoms with van der Waals surface area (Å²) in [6, 6.07) is 30.6. The Morgan fingerprint density at radius 3 is 2.10 bits per heavy atom. The first-order chi connectivity index (χ1) is 14.5. The van der Waals surface area contributed by atoms with Gasteiger partial charge in [0, 0.05) is 22.6 Å². The highest BCUT2D eigenvalue weighted by Crippen LogP contribution is 2.38. The predicted molar refractivity (Wildman–Crippen MR) is 124 cm³/mol. The molecule has 2 heteroatoms. The van der Waals surface area contributed by atoms with Crippen LogP contribution in [0.5, 0.6) is 0 Å². The monoisotopic (exact) mass is 395 g/mol. The first-order valence-electron chi connectivity index (χ1n) is 10.8. The third-order valence-electron chi connectivity index (χ3n) is 6.11. The summed E-state index contributed by atoms with van der Waals surface area (Å²) in [6.45, 7) is 4.56. The molecule has 2 nitrogen and oxygen atoms in total. The van der Waals surface area contributed by atoms with Gasteiger partial charge in [-0.25, -0.2) is 0 Å². The third kappa shape index (κ3) is 4.43. The minimum absolute atomic E-state index is 0.0533. The van der Waals surface area contributed by atoms with Gasteiger partial charge in [-0.3, -0.25) is 9.79 Å². The minimum atomic E-state index is -0.132. The average Bonchev–Trinajstić information content (AvgIpc) is 3.10. The quantitative estimate of drug-likeness (QED) is 0.408. The Morgan fingerprint density at radius 2 is 1.47 bits per heavy atom. The van der Waals surface area contributed by atoms with Gasteiger partial charge in [-0.2, -0.15) is 0 Å². The second-order valence-corrected chi connectivity index (χ2v) is 8.86. The number of rotatable bonds is 7. The lowest BCUT2D eigenvalue weighted by Gasteiger charge is -2.22. The van der Waals surface area contributed by atoms with Crippen molar-refractivity contribution >= 4 is 11.5 Å². The fraction of sp³-hybridized carbons (Fsp3) is 0.286. The van der Waals surface area contributed by atoms with Crippen molar-refractivity contribution in [3.63, 3.8) is 0 Å². The summed E-state index contributed by atoms with van der Waals surface area (Å²) in [6.07, 6.45) is 2.75. The standard InChI is InChI=1S/C28H29NO/c1-28(2)20-24(29-27(28)23-16-10-5-11-17-23)18-19-25(21-12-6-3-7-13-21)26(30)22-14-8-4-9-15-22/h3-17,24-25H,18-20H2,1-2H3/t24-,25?/m0/s1. The van der Waals surface area contributed by atoms with E-state index in [4.69, 9.17) is 4.99 Å². The molecule has 4 rings (SSSR count). The van der Waals surface area contributed by atoms with Gasteiger partial charge in [-0.15, -0.1) is 0 Å². The van der Waals surface area contributed by atoms with E-state index < -0.39 is 0 Å². The zero-order valence-electron chi connectivity index (χ0n) is 17.8. The van der Waals surface area contributed by atoms with E-state index in [9.17, 15) is 4.79 Å². The summed E-state index contributed by atoms with van der Waals surface area (Å²) in [7, 11) is 0. The lowest BCUT2D eigenvalue weighted by molar-refractivity contribution is 0.0953. The van der Waals surface area contributed by atoms with Crippen LogP contribution in [-0.4, -0.2) is 17.5 Å². The fourth-order valence-corrected chi connectivity index (χ4v) is 4.61. The molecule has 3 aromatic carbocycles. The Hall–Kier alpha value is -3.00. The smallest absolute Gasteiger partial charge is 0.170 e. The van der Waals surface area contributed by atoms with Gasteiger partial charge in [0.1, 0.15) is 0 Å². The summed E-state index contributed by atoms with van der Waals surface area (Å²) < 4.78 is 0. The lowest BCUT2D eigenvalue weighted by atomic mass is 9.80. The molecule has 0 aromatic heterocycles. The fourth-order valence-electron chi connectivity index (χ4n) is 4.61. The largest absolute Gasteiger partial charge is 0.293 e. The second-order valence-electron chi connectivity index (χ2n) is 8.86. The van der Waals surface area contributed by atoms with Crippen LogP contribution in [0.3, 0.4) is 0 Å². The molecule has 0 bridgehead atoms. The minimum Gasteiger partial charge on any atom is -0.293 e. The van der Waals surface area contributed by atoms with Gasteiger partial charge in [-0.1, -0.05) is 105 Å². The predicted octanol–water partition coefficient (Wildman–Crippen LogP) is 6.72. The Balaban J connectivity index is 1.54. The molecule has 1 aliphatic heterocycles. The van der Waals surface area contributed by atoms with E-state index in [2.05, 4.69) is 50.2 Å². The molecule has 0 saturated heterocycles. The number of benzene rings is 3. The number of carbonyl (C=O) groups excluding carboxylic acids is 1. The van der Waals surface area contributed by atoms with Crippen molar-refractivity contribution in [1.29, 1.82) is 0 Å². The molecular weight excluding hydrogens is 366 g/mol. The van der Waals surface area contributed by atoms with E-state index >= 15 is 0 Å². The molecule has 1 unspecified atom stereocenters. The summed E-state index contributed by atoms with van der Waals surface area (Å²) >= 11 is 0. The highest BCUT2D eigenvalue weighted by atomic mass is 16.1. The molecular formula is C28H29NO. The molecule has 0 N–H and O–H groups in total. The molecule has 0 spiro atoms. The topological polar surface area (TPSA) is 29.4 Å². The van der Waals surface area contributed by atoms with Gasteiger partial charge in [0.2, 0.25) is 0 Å². The van der Waals surface area contributed by atoms with Gasteiger partial charge < -0.3 is 0 Å². The molecule has 1 aliphatic rings. The number of hydrogen-bond acceptors (Lipinski definition) is 2. The van der Waals surface area contributed by atoms with Crippen LogP contribution in [0, 0.1) is 5.41 Å². The maximum absolute atomic E-state index is 13.3. The Bertz CT molecular complexity index is 1010. The molecule has 0 aliphatic carbocycles. The van der Waals surface area contributed by atoms with Gasteiger partial charge in [0.25, 0.3) is 0 Å². The van der Waals surface area contributed by atoms with Crippen LogP contribution in [-0.2, 0) is 0 Å². The summed E-state index contributed by atoms with van der Waals surface area (Å²) in [5.41, 5.74) is 4.34. The molecule has 1 heterocycles. The van der Waals surface area contributed by atoms with Crippen molar-refractivity contribution in [2.75, 3.05) is 0 Å². The van der Waals surface area contributed by atoms with Crippen LogP contribution in [0.25, 0.3) is 0 Å². The zero-order valence-corrected chi connectivity index (χ0v) is 17.8. The number of ketones is 1. The first kappa shape index (κ1) is 20.3. The highest BCUT2D eigenvalue weighted by molar-refractivity contribution is 6.05. The summed E-state index contributed by atoms with van der Waals surface area (Å²) in [5.74, 6) is 0.0685. The van der Waals surface area contributed by atoms with Crippen LogP contribution in [0.4, 0.5) is 0 Å². The molecule has 0 fully saturated rings. The number of aliphatic imine (C=N–C) groups is 1. The van der Waals surface area contributed by atoms with Crippen LogP contribution in [0.15, 0.2) is 96.0 Å². The van der Waals surface area contributed by atoms with Crippen molar-refractivity contribution in [2.45, 2.75) is 45.1 Å². The molecule has 30 heavy (non-hydrogen) atoms. The van der Waals surface area contributed by atoms with Gasteiger partial charge in [0.15, 0.2) is 5.78 Å². The molecule has 0 radical (unpaired) electrons. The van der Waals surface area contributed by atoms with E-state index in [0.717, 1.165) is 30.4 Å². The van der Waals surface area contributed by atoms with Crippen molar-refractivity contribution in [2.24, 2.45) is 10.4 Å². The Morgan fingerprint density at radius 1 is 0.900 bits per heavy atom. The maximum atomic E-state index is 13.3. The maximum Gasteiger partial charge on any atom is 0.170 e. The van der Waals surface area contributed by atoms with E-state index in [1.54, 1.807) is 0 Å². The molecule has 152 valence electrons. The van der Waals surface area contributed by atoms with Crippen molar-refractivity contribution in [3.8, 4) is 0 Å². The molecule has 0 saturated carbocycles. The Kier molecular flexibility index (Phi) is 5.94. The average molecular weight is 396 g/mol. The number of Topliss-reactive ketones (excluding diaryl/α,β-unsaturated/α-hetero) is 1. The van der Waals surface area contributed by atoms with Gasteiger partial charge in [-0.05, 0) is 30.4 Å². The summed E-state index contributed by atoms with van der Waals surface area (Å²) in [4.78, 5) is 18.4. The second kappa shape index (κ2) is 8.79. The van der Waals surface area contributed by atoms with Crippen molar-refractivity contribution < 1.29 is 4.79 Å². The van der Waals surface area contributed by atoms with Crippen LogP contribution >= 0.6 is 0 Å². The molecule has 2 atom stereocenters. The lowest BCUT2D eigenvalue weighted by Crippen LogP contribution is -2.21. The van der Waals surface area contributed by atoms with Crippen LogP contribution in [0.1, 0.15) is 60.5 Å². The van der Waals surface area contributed by atoms with E-state index in [1.165, 1.54) is 11.3 Å². The summed E-state index contributed by atoms with van der Waals surface area (Å²) in [5, 5.41) is 0. The molecule has 0 amide bonds. The van der Waals surface area contributed by atoms with E-state index in [-0.39, 0.29) is 23.2 Å². The highest BCUT2D eigenvalue weighted by Gasteiger charge is 2.36. The van der Waals surface area contributed by atoms with Crippen LogP contribution in [0.2, 0.25) is 0 Å². The number of carbonyl (C=O) groups is 1. The normalized spacial score (nSPS) is 18.6. The van der Waals surface area contributed by atoms with Crippen molar-refractivity contribution in [1.82, 2.24) is 0 Å². The van der Waals surface area contributed by atoms with Crippen molar-refractivity contribution in [3.05, 3.63) is 108 Å².